The van der Waals surface area contributed by atoms with Crippen molar-refractivity contribution in [3.63, 3.8) is 0 Å². The minimum Gasteiger partial charge on any atom is -0.311 e. The highest BCUT2D eigenvalue weighted by atomic mass is 32.2. The molecule has 4 nitrogen and oxygen atoms in total. The first-order valence-corrected chi connectivity index (χ1v) is 7.31. The number of rotatable bonds is 3. The van der Waals surface area contributed by atoms with Crippen LogP contribution in [0.5, 0.6) is 0 Å². The molecule has 0 aliphatic carbocycles. The van der Waals surface area contributed by atoms with Crippen LogP contribution in [0.2, 0.25) is 0 Å². The quantitative estimate of drug-likeness (QED) is 0.836. The molecule has 0 saturated carbocycles. The van der Waals surface area contributed by atoms with Gasteiger partial charge in [0.15, 0.2) is 0 Å². The summed E-state index contributed by atoms with van der Waals surface area (Å²) >= 11 is 1.68. The van der Waals surface area contributed by atoms with Gasteiger partial charge < -0.3 is 10.3 Å². The second-order valence-electron chi connectivity index (χ2n) is 4.47. The molecule has 1 aromatic carbocycles. The van der Waals surface area contributed by atoms with Crippen LogP contribution >= 0.6 is 11.8 Å². The van der Waals surface area contributed by atoms with E-state index in [9.17, 15) is 4.79 Å². The lowest BCUT2D eigenvalue weighted by Gasteiger charge is -2.15. The fraction of sp³-hybridized carbons (Fsp3) is 0.286. The van der Waals surface area contributed by atoms with E-state index in [1.807, 2.05) is 18.2 Å². The van der Waals surface area contributed by atoms with Crippen molar-refractivity contribution in [1.82, 2.24) is 15.3 Å². The van der Waals surface area contributed by atoms with E-state index in [0.717, 1.165) is 30.0 Å². The molecule has 19 heavy (non-hydrogen) atoms. The van der Waals surface area contributed by atoms with Crippen molar-refractivity contribution in [1.29, 1.82) is 0 Å². The topological polar surface area (TPSA) is 57.8 Å². The van der Waals surface area contributed by atoms with Gasteiger partial charge in [-0.3, -0.25) is 4.79 Å². The maximum atomic E-state index is 12.0. The molecule has 0 saturated heterocycles. The Bertz CT molecular complexity index is 624. The highest BCUT2D eigenvalue weighted by molar-refractivity contribution is 7.98. The van der Waals surface area contributed by atoms with Crippen molar-refractivity contribution >= 4 is 11.8 Å². The molecule has 2 N–H and O–H groups in total. The minimum atomic E-state index is 0.0233. The molecule has 5 heteroatoms. The Morgan fingerprint density at radius 3 is 2.95 bits per heavy atom. The number of hydrogen-bond acceptors (Lipinski definition) is 4. The second-order valence-corrected chi connectivity index (χ2v) is 5.52. The maximum Gasteiger partial charge on any atom is 0.254 e. The molecule has 0 fully saturated rings. The molecular weight excluding hydrogens is 258 g/mol. The Morgan fingerprint density at radius 1 is 1.26 bits per heavy atom. The largest absolute Gasteiger partial charge is 0.311 e. The van der Waals surface area contributed by atoms with Crippen molar-refractivity contribution in [2.24, 2.45) is 0 Å². The summed E-state index contributed by atoms with van der Waals surface area (Å²) in [6.45, 7) is 1.55. The van der Waals surface area contributed by atoms with Crippen LogP contribution in [-0.2, 0) is 18.7 Å². The molecule has 0 atom stereocenters. The summed E-state index contributed by atoms with van der Waals surface area (Å²) in [7, 11) is 0. The van der Waals surface area contributed by atoms with Gasteiger partial charge in [0.2, 0.25) is 0 Å². The molecule has 3 rings (SSSR count). The lowest BCUT2D eigenvalue weighted by atomic mass is 10.1. The number of aromatic nitrogens is 2. The summed E-state index contributed by atoms with van der Waals surface area (Å²) in [5.74, 6) is 1.44. The predicted octanol–water partition coefficient (Wildman–Crippen LogP) is 1.71. The lowest BCUT2D eigenvalue weighted by molar-refractivity contribution is 0.614. The van der Waals surface area contributed by atoms with Gasteiger partial charge in [0.25, 0.3) is 5.56 Å². The highest BCUT2D eigenvalue weighted by Crippen LogP contribution is 2.20. The molecule has 1 aliphatic heterocycles. The normalized spacial score (nSPS) is 14.1. The third-order valence-electron chi connectivity index (χ3n) is 3.11. The number of benzene rings is 1. The van der Waals surface area contributed by atoms with Crippen LogP contribution in [0.3, 0.4) is 0 Å². The number of thioether (sulfide) groups is 1. The number of nitrogens with zero attached hydrogens (tertiary/aromatic N) is 1. The first-order valence-electron chi connectivity index (χ1n) is 6.32. The molecule has 98 valence electrons. The SMILES string of the molecule is O=c1[nH]c(CSc2ccccc2)nc2c1CCNC2. The first-order chi connectivity index (χ1) is 9.33. The summed E-state index contributed by atoms with van der Waals surface area (Å²) < 4.78 is 0. The molecule has 1 aliphatic rings. The average Bonchev–Trinajstić information content (AvgIpc) is 2.46. The van der Waals surface area contributed by atoms with E-state index in [-0.39, 0.29) is 5.56 Å². The van der Waals surface area contributed by atoms with Crippen LogP contribution < -0.4 is 10.9 Å². The van der Waals surface area contributed by atoms with Gasteiger partial charge in [0.05, 0.1) is 11.4 Å². The second kappa shape index (κ2) is 5.59. The third kappa shape index (κ3) is 2.88. The molecule has 0 bridgehead atoms. The smallest absolute Gasteiger partial charge is 0.254 e. The molecular formula is C14H15N3OS. The molecule has 2 aromatic rings. The Hall–Kier alpha value is -1.59. The van der Waals surface area contributed by atoms with Gasteiger partial charge in [0, 0.05) is 17.0 Å². The van der Waals surface area contributed by atoms with Crippen molar-refractivity contribution < 1.29 is 0 Å². The Balaban J connectivity index is 1.78. The van der Waals surface area contributed by atoms with Gasteiger partial charge in [-0.1, -0.05) is 18.2 Å². The van der Waals surface area contributed by atoms with Gasteiger partial charge in [-0.15, -0.1) is 11.8 Å². The van der Waals surface area contributed by atoms with Crippen molar-refractivity contribution in [3.05, 3.63) is 57.8 Å². The van der Waals surface area contributed by atoms with E-state index in [2.05, 4.69) is 27.4 Å². The number of H-pyrrole nitrogens is 1. The minimum absolute atomic E-state index is 0.0233. The van der Waals surface area contributed by atoms with E-state index < -0.39 is 0 Å². The van der Waals surface area contributed by atoms with E-state index >= 15 is 0 Å². The summed E-state index contributed by atoms with van der Waals surface area (Å²) in [5.41, 5.74) is 1.76. The van der Waals surface area contributed by atoms with Gasteiger partial charge >= 0.3 is 0 Å². The van der Waals surface area contributed by atoms with Crippen molar-refractivity contribution in [2.45, 2.75) is 23.6 Å². The van der Waals surface area contributed by atoms with E-state index in [1.165, 1.54) is 4.90 Å². The highest BCUT2D eigenvalue weighted by Gasteiger charge is 2.14. The lowest BCUT2D eigenvalue weighted by Crippen LogP contribution is -2.31. The van der Waals surface area contributed by atoms with Crippen LogP contribution in [0.25, 0.3) is 0 Å². The zero-order valence-corrected chi connectivity index (χ0v) is 11.3. The van der Waals surface area contributed by atoms with Crippen LogP contribution in [0.1, 0.15) is 17.1 Å². The summed E-state index contributed by atoms with van der Waals surface area (Å²) in [6, 6.07) is 10.1. The monoisotopic (exact) mass is 273 g/mol. The number of nitrogens with one attached hydrogen (secondary N) is 2. The van der Waals surface area contributed by atoms with Crippen LogP contribution in [-0.4, -0.2) is 16.5 Å². The van der Waals surface area contributed by atoms with E-state index in [4.69, 9.17) is 0 Å². The molecule has 0 radical (unpaired) electrons. The van der Waals surface area contributed by atoms with Gasteiger partial charge in [-0.2, -0.15) is 0 Å². The number of hydrogen-bond donors (Lipinski definition) is 2. The van der Waals surface area contributed by atoms with Gasteiger partial charge in [0.1, 0.15) is 5.82 Å². The van der Waals surface area contributed by atoms with Gasteiger partial charge in [-0.25, -0.2) is 4.98 Å². The fourth-order valence-electron chi connectivity index (χ4n) is 2.16. The summed E-state index contributed by atoms with van der Waals surface area (Å²) in [4.78, 5) is 20.6. The Morgan fingerprint density at radius 2 is 2.11 bits per heavy atom. The zero-order chi connectivity index (χ0) is 13.1. The predicted molar refractivity (Wildman–Crippen MR) is 76.3 cm³/mol. The first kappa shape index (κ1) is 12.4. The third-order valence-corrected chi connectivity index (χ3v) is 4.14. The van der Waals surface area contributed by atoms with E-state index in [1.54, 1.807) is 11.8 Å². The summed E-state index contributed by atoms with van der Waals surface area (Å²) in [5, 5.41) is 3.25. The fourth-order valence-corrected chi connectivity index (χ4v) is 2.95. The van der Waals surface area contributed by atoms with Crippen LogP contribution in [0.15, 0.2) is 40.0 Å². The van der Waals surface area contributed by atoms with Crippen LogP contribution in [0, 0.1) is 0 Å². The maximum absolute atomic E-state index is 12.0. The standard InChI is InChI=1S/C14H15N3OS/c18-14-11-6-7-15-8-12(11)16-13(17-14)9-19-10-4-2-1-3-5-10/h1-5,15H,6-9H2,(H,16,17,18). The van der Waals surface area contributed by atoms with E-state index in [0.29, 0.717) is 12.3 Å². The molecule has 2 heterocycles. The molecule has 0 amide bonds. The van der Waals surface area contributed by atoms with Crippen LogP contribution in [0.4, 0.5) is 0 Å². The summed E-state index contributed by atoms with van der Waals surface area (Å²) in [6.07, 6.45) is 0.768. The molecule has 0 spiro atoms. The Labute approximate surface area is 115 Å². The molecule has 0 unspecified atom stereocenters. The zero-order valence-electron chi connectivity index (χ0n) is 10.5. The number of aromatic amines is 1. The van der Waals surface area contributed by atoms with Gasteiger partial charge in [-0.05, 0) is 25.1 Å². The number of fused-ring (bicyclic) bond motifs is 1. The molecule has 1 aromatic heterocycles. The van der Waals surface area contributed by atoms with Crippen molar-refractivity contribution in [3.8, 4) is 0 Å². The average molecular weight is 273 g/mol. The van der Waals surface area contributed by atoms with Crippen molar-refractivity contribution in [2.75, 3.05) is 6.54 Å². The Kier molecular flexibility index (Phi) is 3.66.